The molecule has 1 aliphatic rings. The predicted octanol–water partition coefficient (Wildman–Crippen LogP) is 1.89. The molecule has 5 heteroatoms. The third-order valence-corrected chi connectivity index (χ3v) is 4.16. The zero-order valence-electron chi connectivity index (χ0n) is 12.5. The van der Waals surface area contributed by atoms with Crippen LogP contribution in [0.25, 0.3) is 11.4 Å². The van der Waals surface area contributed by atoms with Gasteiger partial charge in [-0.25, -0.2) is 0 Å². The number of aromatic nitrogens is 3. The molecule has 1 aliphatic heterocycles. The average Bonchev–Trinajstić information content (AvgIpc) is 3.08. The van der Waals surface area contributed by atoms with Crippen LogP contribution in [-0.4, -0.2) is 38.7 Å². The molecule has 0 spiro atoms. The molecule has 1 atom stereocenters. The number of aryl methyl sites for hydroxylation is 1. The minimum atomic E-state index is 0.183. The molecule has 0 aromatic carbocycles. The van der Waals surface area contributed by atoms with Crippen molar-refractivity contribution < 1.29 is 4.79 Å². The van der Waals surface area contributed by atoms with E-state index in [-0.39, 0.29) is 5.91 Å². The molecule has 3 rings (SSSR count). The summed E-state index contributed by atoms with van der Waals surface area (Å²) in [6.45, 7) is 3.41. The Hall–Kier alpha value is -2.17. The van der Waals surface area contributed by atoms with Crippen molar-refractivity contribution in [1.82, 2.24) is 19.7 Å². The minimum absolute atomic E-state index is 0.183. The molecule has 2 aromatic heterocycles. The second-order valence-electron chi connectivity index (χ2n) is 5.71. The van der Waals surface area contributed by atoms with Gasteiger partial charge in [0.2, 0.25) is 5.91 Å². The lowest BCUT2D eigenvalue weighted by molar-refractivity contribution is -0.127. The molecule has 5 nitrogen and oxygen atoms in total. The maximum atomic E-state index is 11.4. The van der Waals surface area contributed by atoms with Crippen LogP contribution in [0.5, 0.6) is 0 Å². The highest BCUT2D eigenvalue weighted by Crippen LogP contribution is 2.23. The van der Waals surface area contributed by atoms with Crippen molar-refractivity contribution in [1.29, 1.82) is 0 Å². The Balaban J connectivity index is 1.73. The zero-order chi connectivity index (χ0) is 14.8. The zero-order valence-corrected chi connectivity index (χ0v) is 12.5. The van der Waals surface area contributed by atoms with Gasteiger partial charge in [0.1, 0.15) is 0 Å². The minimum Gasteiger partial charge on any atom is -0.343 e. The van der Waals surface area contributed by atoms with E-state index in [0.29, 0.717) is 5.92 Å². The molecule has 0 N–H and O–H groups in total. The maximum Gasteiger partial charge on any atom is 0.219 e. The van der Waals surface area contributed by atoms with Crippen molar-refractivity contribution >= 4 is 5.91 Å². The Kier molecular flexibility index (Phi) is 3.73. The number of amides is 1. The lowest BCUT2D eigenvalue weighted by Crippen LogP contribution is -2.26. The molecule has 0 radical (unpaired) electrons. The number of nitrogens with zero attached hydrogens (tertiary/aromatic N) is 4. The number of carbonyl (C=O) groups is 1. The molecule has 1 saturated heterocycles. The summed E-state index contributed by atoms with van der Waals surface area (Å²) in [5.41, 5.74) is 3.25. The van der Waals surface area contributed by atoms with Gasteiger partial charge in [-0.05, 0) is 42.5 Å². The fourth-order valence-electron chi connectivity index (χ4n) is 2.99. The Morgan fingerprint density at radius 2 is 2.24 bits per heavy atom. The normalized spacial score (nSPS) is 18.2. The number of carbonyl (C=O) groups excluding carboxylic acids is 1. The van der Waals surface area contributed by atoms with Gasteiger partial charge in [-0.3, -0.25) is 14.5 Å². The Morgan fingerprint density at radius 1 is 1.38 bits per heavy atom. The lowest BCUT2D eigenvalue weighted by atomic mass is 9.98. The van der Waals surface area contributed by atoms with Crippen molar-refractivity contribution in [2.24, 2.45) is 13.0 Å². The van der Waals surface area contributed by atoms with E-state index in [1.165, 1.54) is 5.56 Å². The van der Waals surface area contributed by atoms with E-state index in [2.05, 4.69) is 22.2 Å². The van der Waals surface area contributed by atoms with E-state index in [1.807, 2.05) is 28.9 Å². The van der Waals surface area contributed by atoms with Crippen molar-refractivity contribution in [3.63, 3.8) is 0 Å². The van der Waals surface area contributed by atoms with Crippen molar-refractivity contribution in [3.8, 4) is 11.4 Å². The number of rotatable bonds is 3. The SMILES string of the molecule is CC(=O)N1CC[C@@H](Cc2ccnc(-c3ccnn3C)c2)C1. The van der Waals surface area contributed by atoms with Gasteiger partial charge in [0.15, 0.2) is 0 Å². The van der Waals surface area contributed by atoms with Crippen molar-refractivity contribution in [3.05, 3.63) is 36.2 Å². The maximum absolute atomic E-state index is 11.4. The average molecular weight is 284 g/mol. The number of pyridine rings is 1. The Bertz CT molecular complexity index is 649. The van der Waals surface area contributed by atoms with Gasteiger partial charge in [0.05, 0.1) is 11.4 Å². The first-order valence-electron chi connectivity index (χ1n) is 7.32. The molecule has 0 saturated carbocycles. The largest absolute Gasteiger partial charge is 0.343 e. The first-order valence-corrected chi connectivity index (χ1v) is 7.32. The fraction of sp³-hybridized carbons (Fsp3) is 0.438. The summed E-state index contributed by atoms with van der Waals surface area (Å²) >= 11 is 0. The van der Waals surface area contributed by atoms with Gasteiger partial charge >= 0.3 is 0 Å². The third-order valence-electron chi connectivity index (χ3n) is 4.16. The summed E-state index contributed by atoms with van der Waals surface area (Å²) in [6, 6.07) is 6.17. The molecule has 1 fully saturated rings. The van der Waals surface area contributed by atoms with Crippen LogP contribution in [-0.2, 0) is 18.3 Å². The number of hydrogen-bond acceptors (Lipinski definition) is 3. The fourth-order valence-corrected chi connectivity index (χ4v) is 2.99. The van der Waals surface area contributed by atoms with E-state index in [1.54, 1.807) is 13.1 Å². The van der Waals surface area contributed by atoms with Gasteiger partial charge < -0.3 is 4.90 Å². The first kappa shape index (κ1) is 13.8. The molecule has 110 valence electrons. The smallest absolute Gasteiger partial charge is 0.219 e. The molecule has 0 unspecified atom stereocenters. The van der Waals surface area contributed by atoms with Crippen LogP contribution < -0.4 is 0 Å². The Labute approximate surface area is 124 Å². The van der Waals surface area contributed by atoms with Crippen LogP contribution >= 0.6 is 0 Å². The van der Waals surface area contributed by atoms with Crippen LogP contribution in [0.1, 0.15) is 18.9 Å². The van der Waals surface area contributed by atoms with E-state index in [0.717, 1.165) is 37.3 Å². The van der Waals surface area contributed by atoms with Crippen LogP contribution in [0, 0.1) is 5.92 Å². The molecule has 0 aliphatic carbocycles. The van der Waals surface area contributed by atoms with Crippen molar-refractivity contribution in [2.75, 3.05) is 13.1 Å². The second kappa shape index (κ2) is 5.68. The summed E-state index contributed by atoms with van der Waals surface area (Å²) in [7, 11) is 1.92. The first-order chi connectivity index (χ1) is 10.1. The number of likely N-dealkylation sites (tertiary alicyclic amines) is 1. The highest BCUT2D eigenvalue weighted by Gasteiger charge is 2.24. The van der Waals surface area contributed by atoms with Gasteiger partial charge in [0, 0.05) is 39.5 Å². The Morgan fingerprint density at radius 3 is 2.90 bits per heavy atom. The summed E-state index contributed by atoms with van der Waals surface area (Å²) in [4.78, 5) is 17.8. The van der Waals surface area contributed by atoms with Crippen LogP contribution in [0.2, 0.25) is 0 Å². The second-order valence-corrected chi connectivity index (χ2v) is 5.71. The molecule has 2 aromatic rings. The topological polar surface area (TPSA) is 51.0 Å². The molecular formula is C16H20N4O. The molecule has 21 heavy (non-hydrogen) atoms. The van der Waals surface area contributed by atoms with Gasteiger partial charge in [0.25, 0.3) is 0 Å². The summed E-state index contributed by atoms with van der Waals surface area (Å²) in [5, 5.41) is 4.19. The van der Waals surface area contributed by atoms with E-state index >= 15 is 0 Å². The van der Waals surface area contributed by atoms with Crippen LogP contribution in [0.15, 0.2) is 30.6 Å². The monoisotopic (exact) mass is 284 g/mol. The summed E-state index contributed by atoms with van der Waals surface area (Å²) < 4.78 is 1.83. The van der Waals surface area contributed by atoms with Crippen LogP contribution in [0.4, 0.5) is 0 Å². The molecular weight excluding hydrogens is 264 g/mol. The van der Waals surface area contributed by atoms with Gasteiger partial charge in [-0.1, -0.05) is 0 Å². The quantitative estimate of drug-likeness (QED) is 0.865. The van der Waals surface area contributed by atoms with Crippen LogP contribution in [0.3, 0.4) is 0 Å². The number of hydrogen-bond donors (Lipinski definition) is 0. The third kappa shape index (κ3) is 2.96. The molecule has 1 amide bonds. The van der Waals surface area contributed by atoms with E-state index in [9.17, 15) is 4.79 Å². The van der Waals surface area contributed by atoms with Gasteiger partial charge in [-0.15, -0.1) is 0 Å². The summed E-state index contributed by atoms with van der Waals surface area (Å²) in [6.07, 6.45) is 5.72. The highest BCUT2D eigenvalue weighted by molar-refractivity contribution is 5.73. The van der Waals surface area contributed by atoms with E-state index < -0.39 is 0 Å². The molecule has 3 heterocycles. The van der Waals surface area contributed by atoms with E-state index in [4.69, 9.17) is 0 Å². The van der Waals surface area contributed by atoms with Gasteiger partial charge in [-0.2, -0.15) is 5.10 Å². The standard InChI is InChI=1S/C16H20N4O/c1-12(21)20-8-5-14(11-20)9-13-3-6-17-15(10-13)16-4-7-18-19(16)2/h3-4,6-7,10,14H,5,8-9,11H2,1-2H3/t14-/m0/s1. The summed E-state index contributed by atoms with van der Waals surface area (Å²) in [5.74, 6) is 0.735. The van der Waals surface area contributed by atoms with Crippen molar-refractivity contribution in [2.45, 2.75) is 19.8 Å². The highest BCUT2D eigenvalue weighted by atomic mass is 16.2. The lowest BCUT2D eigenvalue weighted by Gasteiger charge is -2.14. The predicted molar refractivity (Wildman–Crippen MR) is 80.5 cm³/mol. The molecule has 0 bridgehead atoms.